The van der Waals surface area contributed by atoms with Crippen molar-refractivity contribution >= 4 is 34.1 Å². The van der Waals surface area contributed by atoms with E-state index in [0.717, 1.165) is 25.3 Å². The van der Waals surface area contributed by atoms with E-state index in [-0.39, 0.29) is 0 Å². The molecule has 0 aromatic heterocycles. The van der Waals surface area contributed by atoms with Crippen LogP contribution in [0.25, 0.3) is 10.8 Å². The van der Waals surface area contributed by atoms with E-state index in [2.05, 4.69) is 71.4 Å². The van der Waals surface area contributed by atoms with Crippen molar-refractivity contribution in [3.05, 3.63) is 71.8 Å². The van der Waals surface area contributed by atoms with Gasteiger partial charge in [0.05, 0.1) is 11.6 Å². The number of anilines is 2. The molecule has 3 aromatic carbocycles. The van der Waals surface area contributed by atoms with Gasteiger partial charge >= 0.3 is 11.9 Å². The molecule has 0 saturated carbocycles. The normalized spacial score (nSPS) is 13.4. The lowest BCUT2D eigenvalue weighted by Crippen LogP contribution is -2.26. The van der Waals surface area contributed by atoms with Crippen molar-refractivity contribution in [2.45, 2.75) is 6.54 Å². The van der Waals surface area contributed by atoms with Crippen LogP contribution in [-0.2, 0) is 16.1 Å². The Morgan fingerprint density at radius 2 is 1.63 bits per heavy atom. The molecule has 0 unspecified atom stereocenters. The molecule has 0 fully saturated rings. The third kappa shape index (κ3) is 4.74. The Kier molecular flexibility index (Phi) is 6.30. The largest absolute Gasteiger partial charge is 0.473 e. The zero-order chi connectivity index (χ0) is 21.7. The van der Waals surface area contributed by atoms with Crippen molar-refractivity contribution in [3.63, 3.8) is 0 Å². The summed E-state index contributed by atoms with van der Waals surface area (Å²) in [5.41, 5.74) is 4.31. The van der Waals surface area contributed by atoms with Crippen molar-refractivity contribution in [1.82, 2.24) is 4.90 Å². The first-order chi connectivity index (χ1) is 14.4. The Bertz CT molecular complexity index is 1120. The maximum absolute atomic E-state index is 9.28. The summed E-state index contributed by atoms with van der Waals surface area (Å²) in [5, 5.41) is 26.6. The summed E-state index contributed by atoms with van der Waals surface area (Å²) < 4.78 is 0. The number of nitrogens with zero attached hydrogens (tertiary/aromatic N) is 3. The molecule has 0 saturated heterocycles. The minimum atomic E-state index is -1.82. The molecule has 0 spiro atoms. The number of hydrogen-bond acceptors (Lipinski definition) is 5. The second-order valence-electron chi connectivity index (χ2n) is 6.99. The highest BCUT2D eigenvalue weighted by atomic mass is 16.4. The van der Waals surface area contributed by atoms with Crippen LogP contribution in [-0.4, -0.2) is 47.2 Å². The van der Waals surface area contributed by atoms with Crippen LogP contribution in [0.15, 0.2) is 60.7 Å². The van der Waals surface area contributed by atoms with E-state index in [1.165, 1.54) is 22.0 Å². The molecule has 0 radical (unpaired) electrons. The van der Waals surface area contributed by atoms with Crippen molar-refractivity contribution in [1.29, 1.82) is 5.26 Å². The van der Waals surface area contributed by atoms with E-state index < -0.39 is 11.9 Å². The SMILES string of the molecule is CN1CCN(c2ccc3ccccc3c2)c2cc(C#N)ccc2C1.O=C(O)C(=O)O. The van der Waals surface area contributed by atoms with E-state index in [0.29, 0.717) is 5.56 Å². The molecule has 30 heavy (non-hydrogen) atoms. The van der Waals surface area contributed by atoms with Crippen LogP contribution < -0.4 is 4.90 Å². The Balaban J connectivity index is 0.000000377. The Labute approximate surface area is 174 Å². The molecule has 7 nitrogen and oxygen atoms in total. The number of aliphatic carboxylic acids is 2. The van der Waals surface area contributed by atoms with Gasteiger partial charge in [0.2, 0.25) is 0 Å². The fraction of sp³-hybridized carbons (Fsp3) is 0.174. The zero-order valence-electron chi connectivity index (χ0n) is 16.4. The van der Waals surface area contributed by atoms with Crippen molar-refractivity contribution in [2.24, 2.45) is 0 Å². The first kappa shape index (κ1) is 20.8. The number of carboxylic acids is 2. The topological polar surface area (TPSA) is 105 Å². The summed E-state index contributed by atoms with van der Waals surface area (Å²) in [6, 6.07) is 23.3. The van der Waals surface area contributed by atoms with Gasteiger partial charge in [0.25, 0.3) is 0 Å². The number of carbonyl (C=O) groups is 2. The number of hydrogen-bond donors (Lipinski definition) is 2. The third-order valence-corrected chi connectivity index (χ3v) is 4.88. The molecule has 1 aliphatic heterocycles. The van der Waals surface area contributed by atoms with Gasteiger partial charge in [0.1, 0.15) is 0 Å². The smallest absolute Gasteiger partial charge is 0.414 e. The molecule has 1 aliphatic rings. The van der Waals surface area contributed by atoms with Gasteiger partial charge in [-0.2, -0.15) is 5.26 Å². The molecule has 152 valence electrons. The third-order valence-electron chi connectivity index (χ3n) is 4.88. The molecule has 0 amide bonds. The van der Waals surface area contributed by atoms with Crippen LogP contribution in [0.5, 0.6) is 0 Å². The Morgan fingerprint density at radius 1 is 0.933 bits per heavy atom. The van der Waals surface area contributed by atoms with E-state index >= 15 is 0 Å². The number of fused-ring (bicyclic) bond motifs is 2. The Hall–Kier alpha value is -3.89. The lowest BCUT2D eigenvalue weighted by atomic mass is 10.1. The molecule has 4 rings (SSSR count). The summed E-state index contributed by atoms with van der Waals surface area (Å²) in [5.74, 6) is -3.65. The van der Waals surface area contributed by atoms with Gasteiger partial charge in [-0.05, 0) is 47.6 Å². The van der Waals surface area contributed by atoms with Gasteiger partial charge < -0.3 is 20.0 Å². The van der Waals surface area contributed by atoms with Gasteiger partial charge in [-0.15, -0.1) is 0 Å². The van der Waals surface area contributed by atoms with Crippen molar-refractivity contribution < 1.29 is 19.8 Å². The number of nitriles is 1. The zero-order valence-corrected chi connectivity index (χ0v) is 16.4. The molecular weight excluding hydrogens is 382 g/mol. The minimum Gasteiger partial charge on any atom is -0.473 e. The van der Waals surface area contributed by atoms with Crippen molar-refractivity contribution in [2.75, 3.05) is 25.0 Å². The average Bonchev–Trinajstić information content (AvgIpc) is 2.91. The van der Waals surface area contributed by atoms with E-state index in [1.54, 1.807) is 0 Å². The van der Waals surface area contributed by atoms with Gasteiger partial charge in [0.15, 0.2) is 0 Å². The number of benzene rings is 3. The molecular formula is C23H21N3O4. The summed E-state index contributed by atoms with van der Waals surface area (Å²) in [4.78, 5) is 22.9. The summed E-state index contributed by atoms with van der Waals surface area (Å²) in [7, 11) is 2.14. The van der Waals surface area contributed by atoms with Crippen molar-refractivity contribution in [3.8, 4) is 6.07 Å². The van der Waals surface area contributed by atoms with Crippen LogP contribution in [0.2, 0.25) is 0 Å². The highest BCUT2D eigenvalue weighted by molar-refractivity contribution is 6.27. The Morgan fingerprint density at radius 3 is 2.30 bits per heavy atom. The van der Waals surface area contributed by atoms with Crippen LogP contribution in [0.1, 0.15) is 11.1 Å². The van der Waals surface area contributed by atoms with Crippen LogP contribution in [0.4, 0.5) is 11.4 Å². The van der Waals surface area contributed by atoms with Crippen LogP contribution in [0.3, 0.4) is 0 Å². The van der Waals surface area contributed by atoms with E-state index in [9.17, 15) is 5.26 Å². The first-order valence-electron chi connectivity index (χ1n) is 9.33. The maximum Gasteiger partial charge on any atom is 0.414 e. The van der Waals surface area contributed by atoms with Crippen LogP contribution in [0, 0.1) is 11.3 Å². The number of carboxylic acid groups (broad SMARTS) is 2. The molecule has 2 N–H and O–H groups in total. The lowest BCUT2D eigenvalue weighted by molar-refractivity contribution is -0.159. The minimum absolute atomic E-state index is 0.712. The van der Waals surface area contributed by atoms with Gasteiger partial charge in [-0.3, -0.25) is 0 Å². The first-order valence-corrected chi connectivity index (χ1v) is 9.33. The van der Waals surface area contributed by atoms with E-state index in [1.807, 2.05) is 12.1 Å². The molecule has 0 bridgehead atoms. The quantitative estimate of drug-likeness (QED) is 0.600. The predicted molar refractivity (Wildman–Crippen MR) is 114 cm³/mol. The highest BCUT2D eigenvalue weighted by Crippen LogP contribution is 2.33. The van der Waals surface area contributed by atoms with Gasteiger partial charge in [-0.25, -0.2) is 9.59 Å². The average molecular weight is 403 g/mol. The number of likely N-dealkylation sites (N-methyl/N-ethyl adjacent to an activating group) is 1. The van der Waals surface area contributed by atoms with E-state index in [4.69, 9.17) is 19.8 Å². The molecule has 0 atom stereocenters. The summed E-state index contributed by atoms with van der Waals surface area (Å²) >= 11 is 0. The molecule has 3 aromatic rings. The second-order valence-corrected chi connectivity index (χ2v) is 6.99. The highest BCUT2D eigenvalue weighted by Gasteiger charge is 2.20. The lowest BCUT2D eigenvalue weighted by Gasteiger charge is -2.25. The molecule has 1 heterocycles. The maximum atomic E-state index is 9.28. The summed E-state index contributed by atoms with van der Waals surface area (Å²) in [6.45, 7) is 2.81. The number of rotatable bonds is 1. The predicted octanol–water partition coefficient (Wildman–Crippen LogP) is 3.45. The van der Waals surface area contributed by atoms with Crippen LogP contribution >= 0.6 is 0 Å². The van der Waals surface area contributed by atoms with Gasteiger partial charge in [0, 0.05) is 31.0 Å². The molecule has 0 aliphatic carbocycles. The fourth-order valence-electron chi connectivity index (χ4n) is 3.39. The van der Waals surface area contributed by atoms with Gasteiger partial charge in [-0.1, -0.05) is 36.4 Å². The summed E-state index contributed by atoms with van der Waals surface area (Å²) in [6.07, 6.45) is 0. The second kappa shape index (κ2) is 9.07. The molecule has 7 heteroatoms. The standard InChI is InChI=1S/C21H19N3.C2H2O4/c1-23-10-11-24(21-12-16(14-22)6-7-19(21)15-23)20-9-8-17-4-2-3-5-18(17)13-20;3-1(4)2(5)6/h2-9,12-13H,10-11,15H2,1H3;(H,3,4)(H,5,6). The monoisotopic (exact) mass is 403 g/mol. The fourth-order valence-corrected chi connectivity index (χ4v) is 3.39.